The Morgan fingerprint density at radius 1 is 0.619 bits per heavy atom. The molecule has 0 unspecified atom stereocenters. The SMILES string of the molecule is Cc1ccc(S(=O)(=O)OCCc2cccc(C)c2[N+](=O)[O-])cc1.Cc1ccc(S(=O)(=O)OCCc2ccccc2)cc1. The standard InChI is InChI=1S/C16H17NO5S.C15H16O3S/c1-12-6-8-15(9-7-12)23(20,21)22-11-10-14-5-3-4-13(2)16(14)17(18)19;1-13-7-9-15(10-8-13)19(16,17)18-12-11-14-5-3-2-4-6-14/h3-9H,10-11H2,1-2H3;2-10H,11-12H2,1H3. The second-order valence-corrected chi connectivity index (χ2v) is 12.7. The molecular formula is C31H33NO8S2. The van der Waals surface area contributed by atoms with Gasteiger partial charge in [-0.05, 0) is 57.0 Å². The number of hydrogen-bond acceptors (Lipinski definition) is 8. The molecule has 4 aromatic rings. The minimum Gasteiger partial charge on any atom is -0.266 e. The topological polar surface area (TPSA) is 130 Å². The van der Waals surface area contributed by atoms with Crippen molar-refractivity contribution in [2.45, 2.75) is 43.4 Å². The third-order valence-corrected chi connectivity index (χ3v) is 8.86. The second-order valence-electron chi connectivity index (χ2n) is 9.50. The number of hydrogen-bond donors (Lipinski definition) is 0. The fourth-order valence-electron chi connectivity index (χ4n) is 3.90. The van der Waals surface area contributed by atoms with Gasteiger partial charge in [0.25, 0.3) is 25.9 Å². The summed E-state index contributed by atoms with van der Waals surface area (Å²) in [5, 5.41) is 11.1. The molecule has 0 aromatic heterocycles. The number of para-hydroxylation sites is 1. The highest BCUT2D eigenvalue weighted by Gasteiger charge is 2.19. The summed E-state index contributed by atoms with van der Waals surface area (Å²) < 4.78 is 58.0. The highest BCUT2D eigenvalue weighted by Crippen LogP contribution is 2.24. The smallest absolute Gasteiger partial charge is 0.266 e. The normalized spacial score (nSPS) is 11.4. The Morgan fingerprint density at radius 2 is 1.10 bits per heavy atom. The van der Waals surface area contributed by atoms with Crippen LogP contribution in [0.3, 0.4) is 0 Å². The predicted octanol–water partition coefficient (Wildman–Crippen LogP) is 6.10. The molecule has 4 aromatic carbocycles. The zero-order chi connectivity index (χ0) is 30.8. The summed E-state index contributed by atoms with van der Waals surface area (Å²) in [4.78, 5) is 10.9. The van der Waals surface area contributed by atoms with Crippen molar-refractivity contribution in [1.82, 2.24) is 0 Å². The molecular weight excluding hydrogens is 578 g/mol. The number of nitro groups is 1. The first-order chi connectivity index (χ1) is 19.9. The van der Waals surface area contributed by atoms with Gasteiger partial charge in [0, 0.05) is 17.5 Å². The average Bonchev–Trinajstić information content (AvgIpc) is 2.94. The first-order valence-electron chi connectivity index (χ1n) is 13.1. The number of benzene rings is 4. The van der Waals surface area contributed by atoms with Gasteiger partial charge in [-0.1, -0.05) is 83.9 Å². The van der Waals surface area contributed by atoms with Gasteiger partial charge in [0.15, 0.2) is 0 Å². The molecule has 0 radical (unpaired) electrons. The molecule has 0 amide bonds. The van der Waals surface area contributed by atoms with E-state index in [2.05, 4.69) is 0 Å². The number of rotatable bonds is 11. The van der Waals surface area contributed by atoms with Gasteiger partial charge in [0.05, 0.1) is 27.9 Å². The van der Waals surface area contributed by atoms with E-state index in [1.807, 2.05) is 44.2 Å². The van der Waals surface area contributed by atoms with E-state index in [-0.39, 0.29) is 35.1 Å². The third-order valence-electron chi connectivity index (χ3n) is 6.21. The first kappa shape index (κ1) is 32.6. The van der Waals surface area contributed by atoms with Crippen LogP contribution in [0.1, 0.15) is 27.8 Å². The van der Waals surface area contributed by atoms with Gasteiger partial charge in [-0.15, -0.1) is 0 Å². The van der Waals surface area contributed by atoms with Gasteiger partial charge in [0.2, 0.25) is 0 Å². The summed E-state index contributed by atoms with van der Waals surface area (Å²) in [6, 6.07) is 27.6. The Kier molecular flexibility index (Phi) is 11.5. The molecule has 0 fully saturated rings. The van der Waals surface area contributed by atoms with Crippen LogP contribution >= 0.6 is 0 Å². The molecule has 0 aliphatic rings. The molecule has 0 bridgehead atoms. The van der Waals surface area contributed by atoms with E-state index >= 15 is 0 Å². The molecule has 4 rings (SSSR count). The second kappa shape index (κ2) is 14.8. The Balaban J connectivity index is 0.000000235. The predicted molar refractivity (Wildman–Crippen MR) is 160 cm³/mol. The first-order valence-corrected chi connectivity index (χ1v) is 15.9. The lowest BCUT2D eigenvalue weighted by Gasteiger charge is -2.07. The van der Waals surface area contributed by atoms with Crippen LogP contribution in [0.25, 0.3) is 0 Å². The fraction of sp³-hybridized carbons (Fsp3) is 0.226. The van der Waals surface area contributed by atoms with E-state index in [9.17, 15) is 26.9 Å². The lowest BCUT2D eigenvalue weighted by molar-refractivity contribution is -0.386. The maximum atomic E-state index is 12.1. The maximum absolute atomic E-state index is 12.1. The zero-order valence-electron chi connectivity index (χ0n) is 23.6. The van der Waals surface area contributed by atoms with Crippen LogP contribution in [0.15, 0.2) is 107 Å². The monoisotopic (exact) mass is 611 g/mol. The van der Waals surface area contributed by atoms with E-state index < -0.39 is 25.2 Å². The lowest BCUT2D eigenvalue weighted by atomic mass is 10.1. The summed E-state index contributed by atoms with van der Waals surface area (Å²) in [5.74, 6) is 0. The molecule has 0 aliphatic heterocycles. The van der Waals surface area contributed by atoms with Crippen LogP contribution in [0, 0.1) is 30.9 Å². The maximum Gasteiger partial charge on any atom is 0.296 e. The fourth-order valence-corrected chi connectivity index (χ4v) is 5.72. The van der Waals surface area contributed by atoms with E-state index in [4.69, 9.17) is 8.37 Å². The highest BCUT2D eigenvalue weighted by atomic mass is 32.2. The third kappa shape index (κ3) is 9.59. The Morgan fingerprint density at radius 3 is 1.57 bits per heavy atom. The molecule has 42 heavy (non-hydrogen) atoms. The molecule has 11 heteroatoms. The van der Waals surface area contributed by atoms with Gasteiger partial charge in [-0.25, -0.2) is 0 Å². The van der Waals surface area contributed by atoms with Crippen molar-refractivity contribution in [1.29, 1.82) is 0 Å². The molecule has 0 saturated heterocycles. The molecule has 222 valence electrons. The van der Waals surface area contributed by atoms with Gasteiger partial charge in [0.1, 0.15) is 0 Å². The van der Waals surface area contributed by atoms with Crippen molar-refractivity contribution in [2.24, 2.45) is 0 Å². The van der Waals surface area contributed by atoms with Crippen molar-refractivity contribution in [3.8, 4) is 0 Å². The Bertz CT molecular complexity index is 1690. The summed E-state index contributed by atoms with van der Waals surface area (Å²) >= 11 is 0. The average molecular weight is 612 g/mol. The van der Waals surface area contributed by atoms with Crippen molar-refractivity contribution in [3.63, 3.8) is 0 Å². The minimum absolute atomic E-state index is 0.00355. The number of nitrogens with zero attached hydrogens (tertiary/aromatic N) is 1. The van der Waals surface area contributed by atoms with E-state index in [0.29, 0.717) is 17.5 Å². The molecule has 0 aliphatic carbocycles. The van der Waals surface area contributed by atoms with Crippen molar-refractivity contribution in [2.75, 3.05) is 13.2 Å². The van der Waals surface area contributed by atoms with E-state index in [1.165, 1.54) is 12.1 Å². The van der Waals surface area contributed by atoms with Crippen molar-refractivity contribution < 1.29 is 30.1 Å². The van der Waals surface area contributed by atoms with Crippen molar-refractivity contribution in [3.05, 3.63) is 135 Å². The zero-order valence-corrected chi connectivity index (χ0v) is 25.2. The molecule has 0 heterocycles. The summed E-state index contributed by atoms with van der Waals surface area (Å²) in [5.41, 5.74) is 4.01. The molecule has 0 N–H and O–H groups in total. The Labute approximate surface area is 247 Å². The van der Waals surface area contributed by atoms with Crippen LogP contribution in [-0.2, 0) is 41.4 Å². The van der Waals surface area contributed by atoms with Gasteiger partial charge < -0.3 is 0 Å². The summed E-state index contributed by atoms with van der Waals surface area (Å²) in [6.07, 6.45) is 0.717. The Hall–Kier alpha value is -3.90. The van der Waals surface area contributed by atoms with Crippen LogP contribution < -0.4 is 0 Å². The van der Waals surface area contributed by atoms with Crippen molar-refractivity contribution >= 4 is 25.9 Å². The summed E-state index contributed by atoms with van der Waals surface area (Å²) in [7, 11) is -7.51. The highest BCUT2D eigenvalue weighted by molar-refractivity contribution is 7.87. The van der Waals surface area contributed by atoms with Crippen LogP contribution in [-0.4, -0.2) is 35.0 Å². The van der Waals surface area contributed by atoms with E-state index in [0.717, 1.165) is 16.7 Å². The molecule has 0 spiro atoms. The van der Waals surface area contributed by atoms with Crippen LogP contribution in [0.2, 0.25) is 0 Å². The number of aryl methyl sites for hydroxylation is 3. The lowest BCUT2D eigenvalue weighted by Crippen LogP contribution is -2.10. The number of nitro benzene ring substituents is 1. The van der Waals surface area contributed by atoms with Gasteiger partial charge in [-0.2, -0.15) is 16.8 Å². The van der Waals surface area contributed by atoms with Gasteiger partial charge in [-0.3, -0.25) is 18.5 Å². The van der Waals surface area contributed by atoms with Gasteiger partial charge >= 0.3 is 0 Å². The quantitative estimate of drug-likeness (QED) is 0.113. The molecule has 0 atom stereocenters. The van der Waals surface area contributed by atoms with Crippen LogP contribution in [0.4, 0.5) is 5.69 Å². The minimum atomic E-state index is -3.86. The van der Waals surface area contributed by atoms with Crippen LogP contribution in [0.5, 0.6) is 0 Å². The van der Waals surface area contributed by atoms with E-state index in [1.54, 1.807) is 61.5 Å². The molecule has 0 saturated carbocycles. The largest absolute Gasteiger partial charge is 0.296 e. The summed E-state index contributed by atoms with van der Waals surface area (Å²) in [6.45, 7) is 5.41. The molecule has 9 nitrogen and oxygen atoms in total.